The number of nitro benzene ring substituents is 1. The van der Waals surface area contributed by atoms with Crippen LogP contribution in [0.2, 0.25) is 0 Å². The van der Waals surface area contributed by atoms with Crippen molar-refractivity contribution in [3.8, 4) is 0 Å². The molecule has 3 rings (SSSR count). The average molecular weight is 346 g/mol. The molecule has 1 N–H and O–H groups in total. The Kier molecular flexibility index (Phi) is 3.49. The Hall–Kier alpha value is -2.77. The van der Waals surface area contributed by atoms with Gasteiger partial charge in [-0.3, -0.25) is 24.5 Å². The van der Waals surface area contributed by atoms with Crippen LogP contribution in [0.4, 0.5) is 11.4 Å². The van der Waals surface area contributed by atoms with Crippen LogP contribution in [0.5, 0.6) is 0 Å². The molecule has 1 saturated carbocycles. The van der Waals surface area contributed by atoms with Crippen molar-refractivity contribution in [3.05, 3.63) is 34.4 Å². The molecule has 0 aromatic heterocycles. The summed E-state index contributed by atoms with van der Waals surface area (Å²) < 4.78 is 4.88. The van der Waals surface area contributed by atoms with Gasteiger partial charge in [0.25, 0.3) is 5.69 Å². The first kappa shape index (κ1) is 17.1. The number of amides is 1. The Bertz CT molecular complexity index is 817. The first-order chi connectivity index (χ1) is 11.6. The summed E-state index contributed by atoms with van der Waals surface area (Å²) in [7, 11) is 0. The average Bonchev–Trinajstić information content (AvgIpc) is 2.68. The van der Waals surface area contributed by atoms with E-state index in [4.69, 9.17) is 4.74 Å². The SMILES string of the molecule is CC12CCC(C(=O)Nc3ccccc3[N+](=O)[O-])(C(=O)OC1=O)C2(C)C. The monoisotopic (exact) mass is 346 g/mol. The van der Waals surface area contributed by atoms with Crippen molar-refractivity contribution in [2.24, 2.45) is 16.2 Å². The number of cyclic esters (lactones) is 2. The predicted molar refractivity (Wildman–Crippen MR) is 86.4 cm³/mol. The third kappa shape index (κ3) is 1.96. The third-order valence-corrected chi connectivity index (χ3v) is 6.17. The number of rotatable bonds is 3. The second-order valence-corrected chi connectivity index (χ2v) is 7.27. The summed E-state index contributed by atoms with van der Waals surface area (Å²) in [6.45, 7) is 5.07. The molecule has 2 atom stereocenters. The van der Waals surface area contributed by atoms with Gasteiger partial charge in [0.2, 0.25) is 5.91 Å². The molecular formula is C17H18N2O6. The fourth-order valence-corrected chi connectivity index (χ4v) is 3.99. The predicted octanol–water partition coefficient (Wildman–Crippen LogP) is 2.43. The number of nitrogens with zero attached hydrogens (tertiary/aromatic N) is 1. The number of para-hydroxylation sites is 2. The molecule has 2 unspecified atom stereocenters. The zero-order valence-electron chi connectivity index (χ0n) is 14.1. The second-order valence-electron chi connectivity index (χ2n) is 7.27. The second kappa shape index (κ2) is 5.11. The summed E-state index contributed by atoms with van der Waals surface area (Å²) in [6.07, 6.45) is 0.475. The largest absolute Gasteiger partial charge is 0.392 e. The number of nitrogens with one attached hydrogen (secondary N) is 1. The van der Waals surface area contributed by atoms with Crippen molar-refractivity contribution >= 4 is 29.2 Å². The maximum Gasteiger partial charge on any atom is 0.329 e. The number of hydrogen-bond acceptors (Lipinski definition) is 6. The zero-order chi connectivity index (χ0) is 18.6. The Labute approximate surface area is 143 Å². The van der Waals surface area contributed by atoms with E-state index in [9.17, 15) is 24.5 Å². The number of carbonyl (C=O) groups is 3. The Morgan fingerprint density at radius 1 is 1.16 bits per heavy atom. The van der Waals surface area contributed by atoms with Crippen LogP contribution in [0.25, 0.3) is 0 Å². The molecule has 8 heteroatoms. The minimum Gasteiger partial charge on any atom is -0.392 e. The number of benzene rings is 1. The van der Waals surface area contributed by atoms with Gasteiger partial charge in [0.15, 0.2) is 5.41 Å². The van der Waals surface area contributed by atoms with Gasteiger partial charge in [-0.05, 0) is 25.8 Å². The van der Waals surface area contributed by atoms with Crippen LogP contribution in [0.15, 0.2) is 24.3 Å². The van der Waals surface area contributed by atoms with Gasteiger partial charge in [-0.25, -0.2) is 0 Å². The molecule has 1 aliphatic carbocycles. The molecule has 1 heterocycles. The van der Waals surface area contributed by atoms with Gasteiger partial charge in [0.05, 0.1) is 10.3 Å². The van der Waals surface area contributed by atoms with Crippen LogP contribution in [-0.4, -0.2) is 22.8 Å². The van der Waals surface area contributed by atoms with Gasteiger partial charge in [0, 0.05) is 11.5 Å². The van der Waals surface area contributed by atoms with Gasteiger partial charge in [-0.1, -0.05) is 26.0 Å². The van der Waals surface area contributed by atoms with Crippen molar-refractivity contribution in [1.29, 1.82) is 0 Å². The molecule has 1 aromatic rings. The highest BCUT2D eigenvalue weighted by molar-refractivity contribution is 6.15. The fraction of sp³-hybridized carbons (Fsp3) is 0.471. The lowest BCUT2D eigenvalue weighted by Gasteiger charge is -2.47. The summed E-state index contributed by atoms with van der Waals surface area (Å²) in [5, 5.41) is 13.6. The normalized spacial score (nSPS) is 29.9. The first-order valence-electron chi connectivity index (χ1n) is 7.89. The number of hydrogen-bond donors (Lipinski definition) is 1. The smallest absolute Gasteiger partial charge is 0.329 e. The lowest BCUT2D eigenvalue weighted by Crippen LogP contribution is -2.61. The van der Waals surface area contributed by atoms with E-state index in [1.165, 1.54) is 18.2 Å². The lowest BCUT2D eigenvalue weighted by molar-refractivity contribution is -0.383. The molecule has 1 aliphatic heterocycles. The Balaban J connectivity index is 2.04. The maximum absolute atomic E-state index is 13.1. The van der Waals surface area contributed by atoms with E-state index >= 15 is 0 Å². The number of nitro groups is 1. The van der Waals surface area contributed by atoms with Crippen LogP contribution in [0.3, 0.4) is 0 Å². The molecule has 1 saturated heterocycles. The summed E-state index contributed by atoms with van der Waals surface area (Å²) in [4.78, 5) is 48.3. The summed E-state index contributed by atoms with van der Waals surface area (Å²) in [5.41, 5.74) is -3.80. The van der Waals surface area contributed by atoms with Crippen LogP contribution in [-0.2, 0) is 19.1 Å². The Morgan fingerprint density at radius 3 is 2.44 bits per heavy atom. The number of esters is 2. The van der Waals surface area contributed by atoms with Gasteiger partial charge in [-0.15, -0.1) is 0 Å². The molecule has 2 fully saturated rings. The highest BCUT2D eigenvalue weighted by Crippen LogP contribution is 2.66. The summed E-state index contributed by atoms with van der Waals surface area (Å²) >= 11 is 0. The van der Waals surface area contributed by atoms with E-state index in [-0.39, 0.29) is 17.8 Å². The van der Waals surface area contributed by atoms with Crippen LogP contribution in [0, 0.1) is 26.4 Å². The summed E-state index contributed by atoms with van der Waals surface area (Å²) in [6, 6.07) is 5.69. The molecular weight excluding hydrogens is 328 g/mol. The fourth-order valence-electron chi connectivity index (χ4n) is 3.99. The van der Waals surface area contributed by atoms with Crippen molar-refractivity contribution in [2.75, 3.05) is 5.32 Å². The van der Waals surface area contributed by atoms with E-state index < -0.39 is 39.0 Å². The molecule has 25 heavy (non-hydrogen) atoms. The minimum atomic E-state index is -1.57. The molecule has 2 aliphatic rings. The summed E-state index contributed by atoms with van der Waals surface area (Å²) in [5.74, 6) is -2.21. The molecule has 1 aromatic carbocycles. The van der Waals surface area contributed by atoms with Crippen molar-refractivity contribution in [1.82, 2.24) is 0 Å². The maximum atomic E-state index is 13.1. The lowest BCUT2D eigenvalue weighted by atomic mass is 9.57. The van der Waals surface area contributed by atoms with Gasteiger partial charge in [-0.2, -0.15) is 0 Å². The van der Waals surface area contributed by atoms with Crippen molar-refractivity contribution in [3.63, 3.8) is 0 Å². The topological polar surface area (TPSA) is 116 Å². The standard InChI is InChI=1S/C17H18N2O6/c1-15(2)16(3)8-9-17(15,14(22)25-13(16)21)12(20)18-10-6-4-5-7-11(10)19(23)24/h4-7H,8-9H2,1-3H3,(H,18,20). The van der Waals surface area contributed by atoms with Crippen molar-refractivity contribution in [2.45, 2.75) is 33.6 Å². The molecule has 8 nitrogen and oxygen atoms in total. The Morgan fingerprint density at radius 2 is 1.80 bits per heavy atom. The van der Waals surface area contributed by atoms with E-state index in [1.807, 2.05) is 0 Å². The van der Waals surface area contributed by atoms with Gasteiger partial charge >= 0.3 is 11.9 Å². The highest BCUT2D eigenvalue weighted by Gasteiger charge is 2.75. The number of fused-ring (bicyclic) bond motifs is 2. The zero-order valence-corrected chi connectivity index (χ0v) is 14.1. The first-order valence-corrected chi connectivity index (χ1v) is 7.89. The molecule has 2 bridgehead atoms. The molecule has 0 spiro atoms. The minimum absolute atomic E-state index is 0.000906. The van der Waals surface area contributed by atoms with Crippen molar-refractivity contribution < 1.29 is 24.0 Å². The van der Waals surface area contributed by atoms with Crippen LogP contribution < -0.4 is 5.32 Å². The molecule has 132 valence electrons. The van der Waals surface area contributed by atoms with Crippen LogP contribution >= 0.6 is 0 Å². The number of carbonyl (C=O) groups excluding carboxylic acids is 3. The van der Waals surface area contributed by atoms with Gasteiger partial charge < -0.3 is 10.1 Å². The van der Waals surface area contributed by atoms with E-state index in [2.05, 4.69) is 5.32 Å². The quantitative estimate of drug-likeness (QED) is 0.389. The number of anilines is 1. The van der Waals surface area contributed by atoms with Crippen LogP contribution in [0.1, 0.15) is 33.6 Å². The molecule has 1 amide bonds. The van der Waals surface area contributed by atoms with E-state index in [0.717, 1.165) is 0 Å². The van der Waals surface area contributed by atoms with Gasteiger partial charge in [0.1, 0.15) is 5.69 Å². The highest BCUT2D eigenvalue weighted by atomic mass is 16.6. The third-order valence-electron chi connectivity index (χ3n) is 6.17. The van der Waals surface area contributed by atoms with E-state index in [0.29, 0.717) is 6.42 Å². The molecule has 0 radical (unpaired) electrons. The van der Waals surface area contributed by atoms with E-state index in [1.54, 1.807) is 26.8 Å². The number of ether oxygens (including phenoxy) is 1.